The highest BCUT2D eigenvalue weighted by molar-refractivity contribution is 6.30. The van der Waals surface area contributed by atoms with E-state index < -0.39 is 29.3 Å². The first-order valence-corrected chi connectivity index (χ1v) is 10.0. The molecule has 0 bridgehead atoms. The van der Waals surface area contributed by atoms with E-state index >= 15 is 0 Å². The lowest BCUT2D eigenvalue weighted by atomic mass is 10.0. The van der Waals surface area contributed by atoms with Crippen molar-refractivity contribution in [1.29, 1.82) is 0 Å². The molecule has 164 valence electrons. The van der Waals surface area contributed by atoms with Crippen LogP contribution in [0.15, 0.2) is 41.2 Å². The Morgan fingerprint density at radius 3 is 2.71 bits per heavy atom. The van der Waals surface area contributed by atoms with Crippen molar-refractivity contribution in [2.75, 3.05) is 13.1 Å². The molecular formula is C21H18ClF4N3O2. The minimum atomic E-state index is -4.60. The van der Waals surface area contributed by atoms with Crippen LogP contribution in [0.2, 0.25) is 5.02 Å². The van der Waals surface area contributed by atoms with E-state index in [0.29, 0.717) is 24.9 Å². The molecule has 1 atom stereocenters. The molecule has 1 amide bonds. The van der Waals surface area contributed by atoms with Gasteiger partial charge < -0.3 is 9.88 Å². The number of hydrogen-bond acceptors (Lipinski definition) is 2. The molecule has 0 radical (unpaired) electrons. The maximum Gasteiger partial charge on any atom is 0.418 e. The summed E-state index contributed by atoms with van der Waals surface area (Å²) in [6.07, 6.45) is -3.54. The molecule has 1 aliphatic rings. The Kier molecular flexibility index (Phi) is 5.55. The van der Waals surface area contributed by atoms with Gasteiger partial charge in [-0.2, -0.15) is 13.2 Å². The minimum absolute atomic E-state index is 0.0643. The van der Waals surface area contributed by atoms with Gasteiger partial charge in [0.05, 0.1) is 29.1 Å². The number of benzene rings is 2. The van der Waals surface area contributed by atoms with Crippen LogP contribution < -0.4 is 5.69 Å². The van der Waals surface area contributed by atoms with Gasteiger partial charge in [0.15, 0.2) is 0 Å². The van der Waals surface area contributed by atoms with Crippen LogP contribution in [-0.2, 0) is 17.4 Å². The maximum absolute atomic E-state index is 13.5. The van der Waals surface area contributed by atoms with Crippen molar-refractivity contribution in [3.63, 3.8) is 0 Å². The summed E-state index contributed by atoms with van der Waals surface area (Å²) >= 11 is 5.84. The number of fused-ring (bicyclic) bond motifs is 1. The number of aromatic nitrogens is 2. The van der Waals surface area contributed by atoms with Gasteiger partial charge in [-0.3, -0.25) is 9.36 Å². The summed E-state index contributed by atoms with van der Waals surface area (Å²) in [4.78, 5) is 29.2. The van der Waals surface area contributed by atoms with Crippen LogP contribution in [0.4, 0.5) is 17.6 Å². The van der Waals surface area contributed by atoms with Crippen molar-refractivity contribution in [2.45, 2.75) is 31.5 Å². The van der Waals surface area contributed by atoms with E-state index in [4.69, 9.17) is 11.6 Å². The third kappa shape index (κ3) is 4.32. The number of aromatic amines is 1. The molecule has 3 aromatic rings. The van der Waals surface area contributed by atoms with Crippen LogP contribution in [0.3, 0.4) is 0 Å². The number of likely N-dealkylation sites (tertiary alicyclic amines) is 1. The number of nitrogens with one attached hydrogen (secondary N) is 1. The summed E-state index contributed by atoms with van der Waals surface area (Å²) < 4.78 is 54.8. The maximum atomic E-state index is 13.5. The fraction of sp³-hybridized carbons (Fsp3) is 0.333. The number of hydrogen-bond donors (Lipinski definition) is 1. The van der Waals surface area contributed by atoms with Crippen LogP contribution in [0.25, 0.3) is 11.0 Å². The number of H-pyrrole nitrogens is 1. The number of carbonyl (C=O) groups excluding carboxylic acids is 1. The van der Waals surface area contributed by atoms with E-state index in [1.165, 1.54) is 28.8 Å². The van der Waals surface area contributed by atoms with Crippen LogP contribution in [0.1, 0.15) is 30.0 Å². The predicted octanol–water partition coefficient (Wildman–Crippen LogP) is 4.55. The van der Waals surface area contributed by atoms with E-state index in [1.807, 2.05) is 0 Å². The third-order valence-electron chi connectivity index (χ3n) is 5.45. The highest BCUT2D eigenvalue weighted by Gasteiger charge is 2.35. The molecule has 1 aliphatic heterocycles. The van der Waals surface area contributed by atoms with Crippen LogP contribution in [-0.4, -0.2) is 33.4 Å². The van der Waals surface area contributed by atoms with Crippen molar-refractivity contribution in [2.24, 2.45) is 0 Å². The van der Waals surface area contributed by atoms with Crippen LogP contribution in [0, 0.1) is 5.82 Å². The second-order valence-electron chi connectivity index (χ2n) is 7.59. The Morgan fingerprint density at radius 1 is 1.23 bits per heavy atom. The quantitative estimate of drug-likeness (QED) is 0.589. The van der Waals surface area contributed by atoms with Crippen molar-refractivity contribution >= 4 is 28.5 Å². The van der Waals surface area contributed by atoms with Crippen LogP contribution in [0.5, 0.6) is 0 Å². The lowest BCUT2D eigenvalue weighted by Gasteiger charge is -2.33. The first-order chi connectivity index (χ1) is 14.6. The van der Waals surface area contributed by atoms with Gasteiger partial charge in [0.2, 0.25) is 5.91 Å². The number of piperidine rings is 1. The fourth-order valence-electron chi connectivity index (χ4n) is 4.14. The van der Waals surface area contributed by atoms with Crippen molar-refractivity contribution in [1.82, 2.24) is 14.5 Å². The van der Waals surface area contributed by atoms with Gasteiger partial charge in [-0.05, 0) is 48.7 Å². The molecule has 4 rings (SSSR count). The molecule has 1 aromatic heterocycles. The Morgan fingerprint density at radius 2 is 2.00 bits per heavy atom. The smallest absolute Gasteiger partial charge is 0.340 e. The molecule has 31 heavy (non-hydrogen) atoms. The molecule has 0 aliphatic carbocycles. The van der Waals surface area contributed by atoms with Gasteiger partial charge in [-0.1, -0.05) is 17.7 Å². The van der Waals surface area contributed by atoms with E-state index in [9.17, 15) is 27.2 Å². The number of carbonyl (C=O) groups is 1. The first kappa shape index (κ1) is 21.4. The molecule has 1 N–H and O–H groups in total. The minimum Gasteiger partial charge on any atom is -0.340 e. The summed E-state index contributed by atoms with van der Waals surface area (Å²) in [5, 5.41) is 0.185. The SMILES string of the molecule is O=C(Cc1cc(F)cc(Cl)c1)N1CCC[C@H](n2c(=O)[nH]c3c(C(F)(F)F)cccc32)C1. The number of imidazole rings is 1. The van der Waals surface area contributed by atoms with Crippen molar-refractivity contribution in [3.8, 4) is 0 Å². The van der Waals surface area contributed by atoms with Gasteiger partial charge in [0.25, 0.3) is 0 Å². The Balaban J connectivity index is 1.60. The second kappa shape index (κ2) is 8.03. The first-order valence-electron chi connectivity index (χ1n) is 9.66. The van der Waals surface area contributed by atoms with Gasteiger partial charge in [0, 0.05) is 18.1 Å². The third-order valence-corrected chi connectivity index (χ3v) is 5.67. The molecule has 10 heteroatoms. The summed E-state index contributed by atoms with van der Waals surface area (Å²) in [6.45, 7) is 0.619. The summed E-state index contributed by atoms with van der Waals surface area (Å²) in [7, 11) is 0. The lowest BCUT2D eigenvalue weighted by Crippen LogP contribution is -2.43. The zero-order valence-electron chi connectivity index (χ0n) is 16.2. The second-order valence-corrected chi connectivity index (χ2v) is 8.02. The monoisotopic (exact) mass is 455 g/mol. The number of alkyl halides is 3. The number of nitrogens with zero attached hydrogens (tertiary/aromatic N) is 2. The van der Waals surface area contributed by atoms with Crippen molar-refractivity contribution < 1.29 is 22.4 Å². The van der Waals surface area contributed by atoms with E-state index in [-0.39, 0.29) is 34.9 Å². The number of amides is 1. The normalized spacial score (nSPS) is 17.3. The molecular weight excluding hydrogens is 438 g/mol. The fourth-order valence-corrected chi connectivity index (χ4v) is 4.38. The molecule has 1 fully saturated rings. The molecule has 2 heterocycles. The zero-order chi connectivity index (χ0) is 22.3. The highest BCUT2D eigenvalue weighted by Crippen LogP contribution is 2.34. The predicted molar refractivity (Wildman–Crippen MR) is 108 cm³/mol. The van der Waals surface area contributed by atoms with E-state index in [1.54, 1.807) is 4.90 Å². The Hall–Kier alpha value is -2.81. The summed E-state index contributed by atoms with van der Waals surface area (Å²) in [6, 6.07) is 7.04. The van der Waals surface area contributed by atoms with E-state index in [0.717, 1.165) is 12.1 Å². The standard InChI is InChI=1S/C21H18ClF4N3O2/c22-13-7-12(8-14(23)10-13)9-18(30)28-6-2-3-15(11-28)29-17-5-1-4-16(21(24,25)26)19(17)27-20(29)31/h1,4-5,7-8,10,15H,2-3,6,9,11H2,(H,27,31)/t15-/m0/s1. The van der Waals surface area contributed by atoms with Gasteiger partial charge in [-0.15, -0.1) is 0 Å². The van der Waals surface area contributed by atoms with E-state index in [2.05, 4.69) is 4.98 Å². The molecule has 0 saturated carbocycles. The summed E-state index contributed by atoms with van der Waals surface area (Å²) in [5.74, 6) is -0.812. The molecule has 2 aromatic carbocycles. The van der Waals surface area contributed by atoms with Crippen LogP contribution >= 0.6 is 11.6 Å². The largest absolute Gasteiger partial charge is 0.418 e. The highest BCUT2D eigenvalue weighted by atomic mass is 35.5. The average Bonchev–Trinajstić information content (AvgIpc) is 3.02. The van der Waals surface area contributed by atoms with Crippen molar-refractivity contribution in [3.05, 3.63) is 68.8 Å². The topological polar surface area (TPSA) is 58.1 Å². The lowest BCUT2D eigenvalue weighted by molar-refractivity contribution is -0.136. The average molecular weight is 456 g/mol. The number of halogens is 5. The Bertz CT molecular complexity index is 1180. The summed E-state index contributed by atoms with van der Waals surface area (Å²) in [5.41, 5.74) is -1.25. The zero-order valence-corrected chi connectivity index (χ0v) is 16.9. The number of para-hydroxylation sites is 1. The molecule has 0 unspecified atom stereocenters. The molecule has 0 spiro atoms. The van der Waals surface area contributed by atoms with Gasteiger partial charge >= 0.3 is 11.9 Å². The number of rotatable bonds is 3. The molecule has 1 saturated heterocycles. The van der Waals surface area contributed by atoms with Gasteiger partial charge in [0.1, 0.15) is 5.82 Å². The van der Waals surface area contributed by atoms with Gasteiger partial charge in [-0.25, -0.2) is 9.18 Å². The molecule has 5 nitrogen and oxygen atoms in total. The Labute approximate surface area is 179 Å².